The van der Waals surface area contributed by atoms with Crippen LogP contribution in [0.25, 0.3) is 9.41 Å². The molecule has 1 saturated heterocycles. The monoisotopic (exact) mass is 454 g/mol. The summed E-state index contributed by atoms with van der Waals surface area (Å²) in [6.07, 6.45) is 3.19. The van der Waals surface area contributed by atoms with E-state index in [0.29, 0.717) is 4.91 Å². The summed E-state index contributed by atoms with van der Waals surface area (Å²) in [6, 6.07) is 6.38. The fraction of sp³-hybridized carbons (Fsp3) is 0.118. The second-order valence-corrected chi connectivity index (χ2v) is 16.1. The summed E-state index contributed by atoms with van der Waals surface area (Å²) in [5.74, 6) is -0.221. The molecule has 2 aromatic rings. The number of hydrogen-bond donors (Lipinski definition) is 1. The molecule has 7 heteroatoms. The van der Waals surface area contributed by atoms with Crippen molar-refractivity contribution in [3.8, 4) is 0 Å². The minimum atomic E-state index is -2.47. The molecule has 1 aromatic heterocycles. The van der Waals surface area contributed by atoms with Gasteiger partial charge in [0, 0.05) is 0 Å². The van der Waals surface area contributed by atoms with E-state index in [1.54, 1.807) is 11.3 Å². The first-order chi connectivity index (χ1) is 11.6. The molecule has 24 heavy (non-hydrogen) atoms. The molecule has 0 radical (unpaired) electrons. The number of aromatic nitrogens is 1. The van der Waals surface area contributed by atoms with Crippen molar-refractivity contribution >= 4 is 68.4 Å². The van der Waals surface area contributed by atoms with Gasteiger partial charge in [-0.3, -0.25) is 0 Å². The van der Waals surface area contributed by atoms with Gasteiger partial charge in [0.1, 0.15) is 0 Å². The third-order valence-corrected chi connectivity index (χ3v) is 16.7. The van der Waals surface area contributed by atoms with E-state index in [4.69, 9.17) is 0 Å². The van der Waals surface area contributed by atoms with Crippen LogP contribution in [0, 0.1) is 6.92 Å². The molecular weight excluding hydrogens is 443 g/mol. The number of nitrogens with one attached hydrogen (secondary N) is 1. The first kappa shape index (κ1) is 15.0. The Bertz CT molecular complexity index is 1010. The normalized spacial score (nSPS) is 20.9. The van der Waals surface area contributed by atoms with Gasteiger partial charge in [0.05, 0.1) is 0 Å². The number of aryl methyl sites for hydroxylation is 1. The first-order valence-corrected chi connectivity index (χ1v) is 14.3. The van der Waals surface area contributed by atoms with Crippen LogP contribution in [0.4, 0.5) is 4.79 Å². The second kappa shape index (κ2) is 5.34. The van der Waals surface area contributed by atoms with Crippen LogP contribution in [0.5, 0.6) is 0 Å². The third kappa shape index (κ3) is 2.11. The van der Waals surface area contributed by atoms with Crippen LogP contribution in [0.3, 0.4) is 0 Å². The zero-order chi connectivity index (χ0) is 16.4. The van der Waals surface area contributed by atoms with E-state index in [9.17, 15) is 9.59 Å². The maximum absolute atomic E-state index is 12.2. The molecule has 3 aliphatic heterocycles. The number of imide groups is 1. The average molecular weight is 454 g/mol. The van der Waals surface area contributed by atoms with Crippen LogP contribution < -0.4 is 8.64 Å². The van der Waals surface area contributed by atoms with Crippen molar-refractivity contribution in [3.63, 3.8) is 0 Å². The maximum atomic E-state index is 12.2. The Balaban J connectivity index is 1.62. The number of benzene rings is 1. The molecule has 4 bridgehead atoms. The number of thioether (sulfide) groups is 1. The number of allylic oxidation sites excluding steroid dienone is 1. The van der Waals surface area contributed by atoms with Crippen molar-refractivity contribution in [1.29, 1.82) is 0 Å². The summed E-state index contributed by atoms with van der Waals surface area (Å²) in [5.41, 5.74) is 3.58. The molecule has 2 amide bonds. The van der Waals surface area contributed by atoms with Gasteiger partial charge in [-0.15, -0.1) is 0 Å². The fourth-order valence-corrected chi connectivity index (χ4v) is 16.8. The van der Waals surface area contributed by atoms with E-state index in [1.165, 1.54) is 21.1 Å². The first-order valence-electron chi connectivity index (χ1n) is 7.64. The van der Waals surface area contributed by atoms with Crippen LogP contribution >= 0.6 is 23.1 Å². The van der Waals surface area contributed by atoms with Crippen molar-refractivity contribution in [1.82, 2.24) is 10.3 Å². The van der Waals surface area contributed by atoms with Gasteiger partial charge in [0.2, 0.25) is 0 Å². The van der Waals surface area contributed by atoms with Crippen molar-refractivity contribution in [2.24, 2.45) is 0 Å². The van der Waals surface area contributed by atoms with Crippen molar-refractivity contribution in [3.05, 3.63) is 53.6 Å². The van der Waals surface area contributed by atoms with Gasteiger partial charge in [0.15, 0.2) is 0 Å². The summed E-state index contributed by atoms with van der Waals surface area (Å²) >= 11 is 0.271. The van der Waals surface area contributed by atoms with Gasteiger partial charge < -0.3 is 0 Å². The zero-order valence-electron chi connectivity index (χ0n) is 12.8. The summed E-state index contributed by atoms with van der Waals surface area (Å²) in [4.78, 5) is 29.1. The van der Waals surface area contributed by atoms with Crippen LogP contribution in [-0.4, -0.2) is 37.6 Å². The zero-order valence-corrected chi connectivity index (χ0v) is 17.7. The SMILES string of the molecule is Cc1nc(C[C]2=Cc3c4ccc[c]3[In]2/[C]4=C2\SC(=O)NC2=O)cs1. The van der Waals surface area contributed by atoms with Crippen LogP contribution in [-0.2, 0) is 11.2 Å². The van der Waals surface area contributed by atoms with Crippen molar-refractivity contribution in [2.75, 3.05) is 0 Å². The number of nitrogens with zero attached hydrogens (tertiary/aromatic N) is 1. The topological polar surface area (TPSA) is 59.1 Å². The Hall–Kier alpha value is -1.31. The third-order valence-electron chi connectivity index (χ3n) is 4.64. The van der Waals surface area contributed by atoms with E-state index in [2.05, 4.69) is 40.0 Å². The standard InChI is InChI=1S/C17H11N2O2S2.In/c1-11-18-14(10-22-11)8-4-7-12-5-2-3-6-13(12)9-15-16(20)19-17(21)23-15;/h2-3,6-7,10H,8H2,1H3,(H,19,20,21);. The Kier molecular flexibility index (Phi) is 3.34. The summed E-state index contributed by atoms with van der Waals surface area (Å²) < 4.78 is 4.11. The molecule has 1 aromatic carbocycles. The summed E-state index contributed by atoms with van der Waals surface area (Å²) in [6.45, 7) is 2.02. The van der Waals surface area contributed by atoms with Crippen LogP contribution in [0.15, 0.2) is 31.8 Å². The molecule has 4 heterocycles. The fourth-order valence-electron chi connectivity index (χ4n) is 3.79. The summed E-state index contributed by atoms with van der Waals surface area (Å²) in [5, 5.41) is 5.37. The molecule has 4 nitrogen and oxygen atoms in total. The van der Waals surface area contributed by atoms with Gasteiger partial charge in [0.25, 0.3) is 0 Å². The molecule has 0 spiro atoms. The number of amides is 2. The molecular formula is C17H11InN2O2S2. The Morgan fingerprint density at radius 3 is 2.83 bits per heavy atom. The minimum absolute atomic E-state index is 0.221. The van der Waals surface area contributed by atoms with E-state index in [1.807, 2.05) is 6.92 Å². The molecule has 1 fully saturated rings. The van der Waals surface area contributed by atoms with Crippen LogP contribution in [0.2, 0.25) is 0 Å². The molecule has 3 aliphatic rings. The van der Waals surface area contributed by atoms with Crippen molar-refractivity contribution < 1.29 is 9.59 Å². The Morgan fingerprint density at radius 1 is 1.29 bits per heavy atom. The van der Waals surface area contributed by atoms with Gasteiger partial charge in [-0.2, -0.15) is 0 Å². The predicted molar refractivity (Wildman–Crippen MR) is 98.4 cm³/mol. The van der Waals surface area contributed by atoms with E-state index >= 15 is 0 Å². The van der Waals surface area contributed by atoms with E-state index < -0.39 is 21.4 Å². The quantitative estimate of drug-likeness (QED) is 0.710. The molecule has 0 aliphatic carbocycles. The molecule has 1 N–H and O–H groups in total. The number of carbonyl (C=O) groups is 2. The summed E-state index contributed by atoms with van der Waals surface area (Å²) in [7, 11) is 0. The average Bonchev–Trinajstić information content (AvgIpc) is 3.23. The van der Waals surface area contributed by atoms with E-state index in [-0.39, 0.29) is 11.1 Å². The van der Waals surface area contributed by atoms with Gasteiger partial charge in [-0.1, -0.05) is 0 Å². The number of hydrogen-bond acceptors (Lipinski definition) is 5. The van der Waals surface area contributed by atoms with Gasteiger partial charge >= 0.3 is 155 Å². The second-order valence-electron chi connectivity index (χ2n) is 6.08. The van der Waals surface area contributed by atoms with E-state index in [0.717, 1.165) is 28.9 Å². The van der Waals surface area contributed by atoms with Gasteiger partial charge in [-0.05, 0) is 0 Å². The molecule has 116 valence electrons. The number of rotatable bonds is 2. The van der Waals surface area contributed by atoms with Crippen molar-refractivity contribution in [2.45, 2.75) is 13.3 Å². The predicted octanol–water partition coefficient (Wildman–Crippen LogP) is 2.58. The van der Waals surface area contributed by atoms with Crippen LogP contribution in [0.1, 0.15) is 21.8 Å². The van der Waals surface area contributed by atoms with Gasteiger partial charge in [-0.25, -0.2) is 0 Å². The molecule has 0 unspecified atom stereocenters. The Labute approximate surface area is 154 Å². The molecule has 0 saturated carbocycles. The Morgan fingerprint density at radius 2 is 2.17 bits per heavy atom. The molecule has 0 atom stereocenters. The number of thiazole rings is 1. The molecule has 5 rings (SSSR count). The number of carbonyl (C=O) groups excluding carboxylic acids is 2.